The highest BCUT2D eigenvalue weighted by Gasteiger charge is 2.29. The van der Waals surface area contributed by atoms with E-state index in [0.29, 0.717) is 13.0 Å². The van der Waals surface area contributed by atoms with Crippen molar-refractivity contribution in [3.63, 3.8) is 0 Å². The summed E-state index contributed by atoms with van der Waals surface area (Å²) in [6, 6.07) is 7.77. The van der Waals surface area contributed by atoms with Crippen LogP contribution in [0.1, 0.15) is 31.7 Å². The van der Waals surface area contributed by atoms with Gasteiger partial charge in [0.05, 0.1) is 0 Å². The predicted molar refractivity (Wildman–Crippen MR) is 82.3 cm³/mol. The van der Waals surface area contributed by atoms with E-state index in [9.17, 15) is 9.90 Å². The van der Waals surface area contributed by atoms with E-state index in [-0.39, 0.29) is 18.4 Å². The van der Waals surface area contributed by atoms with E-state index in [2.05, 4.69) is 0 Å². The van der Waals surface area contributed by atoms with Crippen LogP contribution in [0.4, 0.5) is 0 Å². The van der Waals surface area contributed by atoms with Gasteiger partial charge in [-0.1, -0.05) is 19.1 Å². The van der Waals surface area contributed by atoms with Gasteiger partial charge in [0.15, 0.2) is 6.10 Å². The van der Waals surface area contributed by atoms with Gasteiger partial charge >= 0.3 is 0 Å². The van der Waals surface area contributed by atoms with E-state index in [1.807, 2.05) is 43.0 Å². The maximum Gasteiger partial charge on any atom is 0.263 e. The Hall–Kier alpha value is -1.55. The molecule has 2 rings (SSSR count). The molecule has 21 heavy (non-hydrogen) atoms. The largest absolute Gasteiger partial charge is 0.481 e. The van der Waals surface area contributed by atoms with Crippen molar-refractivity contribution in [2.45, 2.75) is 39.2 Å². The molecule has 0 saturated carbocycles. The van der Waals surface area contributed by atoms with Crippen molar-refractivity contribution in [1.82, 2.24) is 4.90 Å². The number of hydrogen-bond donors (Lipinski definition) is 1. The number of nitrogens with zero attached hydrogens (tertiary/aromatic N) is 1. The number of carbonyl (C=O) groups excluding carboxylic acids is 1. The van der Waals surface area contributed by atoms with Gasteiger partial charge in [-0.2, -0.15) is 0 Å². The van der Waals surface area contributed by atoms with Crippen molar-refractivity contribution in [3.8, 4) is 5.75 Å². The zero-order chi connectivity index (χ0) is 15.2. The lowest BCUT2D eigenvalue weighted by atomic mass is 9.98. The number of benzene rings is 1. The van der Waals surface area contributed by atoms with E-state index < -0.39 is 6.10 Å². The van der Waals surface area contributed by atoms with Crippen molar-refractivity contribution < 1.29 is 14.6 Å². The number of amides is 1. The van der Waals surface area contributed by atoms with Gasteiger partial charge in [-0.3, -0.25) is 4.79 Å². The molecule has 4 heteroatoms. The molecule has 1 aliphatic heterocycles. The van der Waals surface area contributed by atoms with Crippen LogP contribution < -0.4 is 4.74 Å². The molecule has 1 amide bonds. The first kappa shape index (κ1) is 15.8. The molecule has 2 unspecified atom stereocenters. The van der Waals surface area contributed by atoms with E-state index in [4.69, 9.17) is 4.74 Å². The van der Waals surface area contributed by atoms with Crippen LogP contribution in [0.3, 0.4) is 0 Å². The van der Waals surface area contributed by atoms with Crippen molar-refractivity contribution in [2.24, 2.45) is 5.92 Å². The van der Waals surface area contributed by atoms with Gasteiger partial charge in [-0.15, -0.1) is 0 Å². The maximum absolute atomic E-state index is 12.6. The molecular formula is C17H25NO3. The highest BCUT2D eigenvalue weighted by molar-refractivity contribution is 5.81. The number of aliphatic hydroxyl groups is 1. The number of ether oxygens (including phenoxy) is 1. The Labute approximate surface area is 126 Å². The summed E-state index contributed by atoms with van der Waals surface area (Å²) in [6.07, 6.45) is 2.16. The number of piperidine rings is 1. The number of aliphatic hydroxyl groups excluding tert-OH is 1. The molecule has 4 nitrogen and oxygen atoms in total. The fourth-order valence-corrected chi connectivity index (χ4v) is 2.78. The van der Waals surface area contributed by atoms with Gasteiger partial charge in [0, 0.05) is 19.7 Å². The zero-order valence-electron chi connectivity index (χ0n) is 12.9. The van der Waals surface area contributed by atoms with E-state index in [1.54, 1.807) is 0 Å². The molecule has 1 fully saturated rings. The predicted octanol–water partition coefficient (Wildman–Crippen LogP) is 2.38. The summed E-state index contributed by atoms with van der Waals surface area (Å²) in [5.74, 6) is 0.988. The van der Waals surface area contributed by atoms with Crippen LogP contribution in [0.5, 0.6) is 5.75 Å². The van der Waals surface area contributed by atoms with Gasteiger partial charge in [0.2, 0.25) is 0 Å². The minimum absolute atomic E-state index is 0.0390. The van der Waals surface area contributed by atoms with Crippen LogP contribution in [0.2, 0.25) is 0 Å². The number of carbonyl (C=O) groups is 1. The number of likely N-dealkylation sites (tertiary alicyclic amines) is 1. The molecule has 0 spiro atoms. The standard InChI is InChI=1S/C17H25NO3/c1-3-16(21-15-8-4-6-13(2)10-15)17(20)18-9-5-7-14(11-18)12-19/h4,6,8,10,14,16,19H,3,5,7,9,11-12H2,1-2H3. The van der Waals surface area contributed by atoms with Crippen molar-refractivity contribution in [3.05, 3.63) is 29.8 Å². The number of aryl methyl sites for hydroxylation is 1. The van der Waals surface area contributed by atoms with Gasteiger partial charge in [-0.05, 0) is 49.8 Å². The molecule has 1 aromatic rings. The quantitative estimate of drug-likeness (QED) is 0.906. The third-order valence-electron chi connectivity index (χ3n) is 4.00. The van der Waals surface area contributed by atoms with Gasteiger partial charge in [0.1, 0.15) is 5.75 Å². The average molecular weight is 291 g/mol. The zero-order valence-corrected chi connectivity index (χ0v) is 12.9. The van der Waals surface area contributed by atoms with Crippen LogP contribution in [-0.4, -0.2) is 41.7 Å². The molecule has 116 valence electrons. The minimum Gasteiger partial charge on any atom is -0.481 e. The Morgan fingerprint density at radius 1 is 1.52 bits per heavy atom. The summed E-state index contributed by atoms with van der Waals surface area (Å²) in [4.78, 5) is 14.4. The average Bonchev–Trinajstić information content (AvgIpc) is 2.52. The van der Waals surface area contributed by atoms with Crippen LogP contribution in [0, 0.1) is 12.8 Å². The Morgan fingerprint density at radius 2 is 2.33 bits per heavy atom. The van der Waals surface area contributed by atoms with Crippen LogP contribution >= 0.6 is 0 Å². The molecule has 1 heterocycles. The number of hydrogen-bond acceptors (Lipinski definition) is 3. The summed E-state index contributed by atoms with van der Waals surface area (Å²) < 4.78 is 5.87. The molecule has 1 N–H and O–H groups in total. The first-order chi connectivity index (χ1) is 10.1. The SMILES string of the molecule is CCC(Oc1cccc(C)c1)C(=O)N1CCCC(CO)C1. The van der Waals surface area contributed by atoms with E-state index in [0.717, 1.165) is 30.7 Å². The van der Waals surface area contributed by atoms with Crippen LogP contribution in [0.15, 0.2) is 24.3 Å². The Morgan fingerprint density at radius 3 is 3.00 bits per heavy atom. The smallest absolute Gasteiger partial charge is 0.263 e. The van der Waals surface area contributed by atoms with Gasteiger partial charge in [-0.25, -0.2) is 0 Å². The lowest BCUT2D eigenvalue weighted by Crippen LogP contribution is -2.47. The third kappa shape index (κ3) is 4.21. The van der Waals surface area contributed by atoms with E-state index >= 15 is 0 Å². The first-order valence-corrected chi connectivity index (χ1v) is 7.77. The fourth-order valence-electron chi connectivity index (χ4n) is 2.78. The normalized spacial score (nSPS) is 20.1. The van der Waals surface area contributed by atoms with Crippen molar-refractivity contribution in [2.75, 3.05) is 19.7 Å². The van der Waals surface area contributed by atoms with Crippen LogP contribution in [-0.2, 0) is 4.79 Å². The molecule has 0 radical (unpaired) electrons. The molecule has 1 aromatic carbocycles. The third-order valence-corrected chi connectivity index (χ3v) is 4.00. The molecular weight excluding hydrogens is 266 g/mol. The first-order valence-electron chi connectivity index (χ1n) is 7.77. The summed E-state index contributed by atoms with van der Waals surface area (Å²) in [6.45, 7) is 5.53. The lowest BCUT2D eigenvalue weighted by molar-refractivity contribution is -0.141. The minimum atomic E-state index is -0.441. The highest BCUT2D eigenvalue weighted by Crippen LogP contribution is 2.20. The lowest BCUT2D eigenvalue weighted by Gasteiger charge is -2.34. The topological polar surface area (TPSA) is 49.8 Å². The van der Waals surface area contributed by atoms with Gasteiger partial charge < -0.3 is 14.7 Å². The fraction of sp³-hybridized carbons (Fsp3) is 0.588. The summed E-state index contributed by atoms with van der Waals surface area (Å²) in [5, 5.41) is 9.28. The molecule has 0 aliphatic carbocycles. The van der Waals surface area contributed by atoms with E-state index in [1.165, 1.54) is 0 Å². The molecule has 1 aliphatic rings. The molecule has 2 atom stereocenters. The summed E-state index contributed by atoms with van der Waals surface area (Å²) in [7, 11) is 0. The second-order valence-electron chi connectivity index (χ2n) is 5.81. The maximum atomic E-state index is 12.6. The molecule has 1 saturated heterocycles. The van der Waals surface area contributed by atoms with Crippen molar-refractivity contribution in [1.29, 1.82) is 0 Å². The van der Waals surface area contributed by atoms with Gasteiger partial charge in [0.25, 0.3) is 5.91 Å². The number of rotatable bonds is 5. The monoisotopic (exact) mass is 291 g/mol. The van der Waals surface area contributed by atoms with Crippen LogP contribution in [0.25, 0.3) is 0 Å². The molecule has 0 bridgehead atoms. The highest BCUT2D eigenvalue weighted by atomic mass is 16.5. The second-order valence-corrected chi connectivity index (χ2v) is 5.81. The molecule has 0 aromatic heterocycles. The second kappa shape index (κ2) is 7.46. The van der Waals surface area contributed by atoms with Crippen molar-refractivity contribution >= 4 is 5.91 Å². The summed E-state index contributed by atoms with van der Waals surface area (Å²) in [5.41, 5.74) is 1.12. The summed E-state index contributed by atoms with van der Waals surface area (Å²) >= 11 is 0. The Kier molecular flexibility index (Phi) is 5.62. The Bertz CT molecular complexity index is 475. The Balaban J connectivity index is 2.01.